The van der Waals surface area contributed by atoms with Crippen molar-refractivity contribution in [3.05, 3.63) is 70.8 Å². The van der Waals surface area contributed by atoms with Gasteiger partial charge in [0.15, 0.2) is 0 Å². The Labute approximate surface area is 397 Å². The van der Waals surface area contributed by atoms with E-state index in [1.54, 1.807) is 53.7 Å². The van der Waals surface area contributed by atoms with Crippen LogP contribution < -0.4 is 18.9 Å². The summed E-state index contributed by atoms with van der Waals surface area (Å²) in [6.07, 6.45) is 7.45. The predicted octanol–water partition coefficient (Wildman–Crippen LogP) is 7.82. The molecule has 0 unspecified atom stereocenters. The van der Waals surface area contributed by atoms with Gasteiger partial charge in [0, 0.05) is 12.2 Å². The maximum absolute atomic E-state index is 13.5. The molecule has 368 valence electrons. The van der Waals surface area contributed by atoms with Crippen LogP contribution in [0.25, 0.3) is 0 Å². The van der Waals surface area contributed by atoms with Crippen molar-refractivity contribution < 1.29 is 76.3 Å². The molecule has 0 spiro atoms. The number of benzene rings is 2. The molecule has 0 heterocycles. The summed E-state index contributed by atoms with van der Waals surface area (Å²) in [6, 6.07) is 3.37. The van der Waals surface area contributed by atoms with Gasteiger partial charge in [-0.3, -0.25) is 28.8 Å². The van der Waals surface area contributed by atoms with Crippen LogP contribution in [0.15, 0.2) is 37.4 Å². The number of rotatable bonds is 18. The van der Waals surface area contributed by atoms with Gasteiger partial charge in [0.2, 0.25) is 0 Å². The van der Waals surface area contributed by atoms with E-state index in [0.717, 1.165) is 12.2 Å². The van der Waals surface area contributed by atoms with E-state index in [4.69, 9.17) is 37.9 Å². The quantitative estimate of drug-likeness (QED) is 0.0458. The van der Waals surface area contributed by atoms with E-state index < -0.39 is 71.4 Å². The fourth-order valence-electron chi connectivity index (χ4n) is 8.94. The van der Waals surface area contributed by atoms with Gasteiger partial charge in [-0.25, -0.2) is 9.59 Å². The van der Waals surface area contributed by atoms with Crippen molar-refractivity contribution in [1.82, 2.24) is 0 Å². The molecule has 0 radical (unpaired) electrons. The Hall–Kier alpha value is -6.32. The summed E-state index contributed by atoms with van der Waals surface area (Å²) in [6.45, 7) is 17.1. The maximum atomic E-state index is 13.5. The van der Waals surface area contributed by atoms with Crippen LogP contribution in [0.3, 0.4) is 0 Å². The minimum Gasteiger partial charge on any atom is -0.462 e. The fraction of sp³-hybridized carbons (Fsp3) is 0.538. The molecule has 3 aliphatic rings. The van der Waals surface area contributed by atoms with Crippen LogP contribution in [0.2, 0.25) is 0 Å². The van der Waals surface area contributed by atoms with Crippen molar-refractivity contribution in [2.75, 3.05) is 26.4 Å². The highest BCUT2D eigenvalue weighted by Gasteiger charge is 2.36. The summed E-state index contributed by atoms with van der Waals surface area (Å²) in [4.78, 5) is 101. The standard InChI is InChI=1S/C52H64O16/c1-9-43(53)61-23-25-63-47(55)35-11-15-39(16-12-35)51(59)67-45-29(3)27-41(31(5)33(45)7)65-49(57)37-19-21-38(22-20-37)50(58)66-42-28-30(4)46(34(8)32(42)6)68-52(60)40-17-13-36(14-18-40)48(56)64-26-24-62-44(54)10-2/h9-10,27-28,35-40H,1-2,11-26H2,3-8H3. The van der Waals surface area contributed by atoms with Crippen molar-refractivity contribution in [3.63, 3.8) is 0 Å². The van der Waals surface area contributed by atoms with E-state index in [0.29, 0.717) is 133 Å². The molecule has 0 atom stereocenters. The van der Waals surface area contributed by atoms with Gasteiger partial charge in [-0.15, -0.1) is 0 Å². The van der Waals surface area contributed by atoms with Gasteiger partial charge < -0.3 is 37.9 Å². The molecule has 0 aliphatic heterocycles. The average Bonchev–Trinajstić information content (AvgIpc) is 3.34. The van der Waals surface area contributed by atoms with Gasteiger partial charge in [0.1, 0.15) is 49.4 Å². The number of ether oxygens (including phenoxy) is 8. The first kappa shape index (κ1) is 52.6. The monoisotopic (exact) mass is 944 g/mol. The molecule has 16 heteroatoms. The lowest BCUT2D eigenvalue weighted by Crippen LogP contribution is -2.31. The lowest BCUT2D eigenvalue weighted by Gasteiger charge is -2.27. The largest absolute Gasteiger partial charge is 0.462 e. The van der Waals surface area contributed by atoms with Crippen LogP contribution in [0, 0.1) is 77.0 Å². The number of esters is 8. The first-order chi connectivity index (χ1) is 32.4. The molecule has 68 heavy (non-hydrogen) atoms. The molecule has 0 N–H and O–H groups in total. The van der Waals surface area contributed by atoms with Crippen LogP contribution in [0.1, 0.15) is 110 Å². The summed E-state index contributed by atoms with van der Waals surface area (Å²) in [5.74, 6) is -4.38. The van der Waals surface area contributed by atoms with Crippen LogP contribution in [0.4, 0.5) is 0 Å². The SMILES string of the molecule is C=CC(=O)OCCOC(=O)C1CCC(C(=O)Oc2c(C)cc(OC(=O)C3CCC(C(=O)Oc4cc(C)c(OC(=O)C5CCC(C(=O)OCCOC(=O)C=C)CC5)c(C)c4C)CC3)c(C)c2C)CC1. The second-order valence-corrected chi connectivity index (χ2v) is 17.9. The molecule has 0 amide bonds. The summed E-state index contributed by atoms with van der Waals surface area (Å²) in [5.41, 5.74) is 3.89. The van der Waals surface area contributed by atoms with E-state index in [9.17, 15) is 38.4 Å². The molecule has 3 saturated carbocycles. The number of hydrogen-bond donors (Lipinski definition) is 0. The van der Waals surface area contributed by atoms with Gasteiger partial charge >= 0.3 is 47.8 Å². The summed E-state index contributed by atoms with van der Waals surface area (Å²) in [7, 11) is 0. The third-order valence-corrected chi connectivity index (χ3v) is 13.4. The van der Waals surface area contributed by atoms with E-state index in [1.807, 2.05) is 0 Å². The predicted molar refractivity (Wildman–Crippen MR) is 244 cm³/mol. The zero-order valence-electron chi connectivity index (χ0n) is 40.0. The van der Waals surface area contributed by atoms with E-state index in [1.165, 1.54) is 0 Å². The highest BCUT2D eigenvalue weighted by molar-refractivity contribution is 5.83. The Morgan fingerprint density at radius 2 is 0.647 bits per heavy atom. The van der Waals surface area contributed by atoms with E-state index >= 15 is 0 Å². The minimum atomic E-state index is -0.595. The van der Waals surface area contributed by atoms with Gasteiger partial charge in [-0.2, -0.15) is 0 Å². The Bertz CT molecular complexity index is 2090. The number of aryl methyl sites for hydroxylation is 2. The summed E-state index contributed by atoms with van der Waals surface area (Å²) < 4.78 is 43.8. The van der Waals surface area contributed by atoms with Crippen molar-refractivity contribution in [2.45, 2.75) is 119 Å². The summed E-state index contributed by atoms with van der Waals surface area (Å²) >= 11 is 0. The smallest absolute Gasteiger partial charge is 0.330 e. The maximum Gasteiger partial charge on any atom is 0.330 e. The molecule has 0 aromatic heterocycles. The molecule has 2 aromatic rings. The lowest BCUT2D eigenvalue weighted by atomic mass is 9.82. The first-order valence-corrected chi connectivity index (χ1v) is 23.4. The molecule has 5 rings (SSSR count). The third-order valence-electron chi connectivity index (χ3n) is 13.4. The van der Waals surface area contributed by atoms with Crippen molar-refractivity contribution >= 4 is 47.8 Å². The van der Waals surface area contributed by atoms with E-state index in [2.05, 4.69) is 13.2 Å². The minimum absolute atomic E-state index is 0.0552. The van der Waals surface area contributed by atoms with Gasteiger partial charge in [0.25, 0.3) is 0 Å². The van der Waals surface area contributed by atoms with Crippen molar-refractivity contribution in [3.8, 4) is 23.0 Å². The molecular formula is C52H64O16. The molecule has 3 aliphatic carbocycles. The molecule has 16 nitrogen and oxygen atoms in total. The highest BCUT2D eigenvalue weighted by Crippen LogP contribution is 2.40. The normalized spacial score (nSPS) is 21.2. The Kier molecular flexibility index (Phi) is 19.1. The fourth-order valence-corrected chi connectivity index (χ4v) is 8.94. The van der Waals surface area contributed by atoms with E-state index in [-0.39, 0.29) is 38.3 Å². The van der Waals surface area contributed by atoms with Gasteiger partial charge in [-0.1, -0.05) is 13.2 Å². The second kappa shape index (κ2) is 24.6. The topological polar surface area (TPSA) is 210 Å². The zero-order valence-corrected chi connectivity index (χ0v) is 40.0. The van der Waals surface area contributed by atoms with Gasteiger partial charge in [0.05, 0.1) is 35.5 Å². The molecular weight excluding hydrogens is 881 g/mol. The molecule has 3 fully saturated rings. The highest BCUT2D eigenvalue weighted by atomic mass is 16.6. The average molecular weight is 945 g/mol. The molecule has 2 aromatic carbocycles. The van der Waals surface area contributed by atoms with Crippen molar-refractivity contribution in [1.29, 1.82) is 0 Å². The number of carbonyl (C=O) groups is 8. The van der Waals surface area contributed by atoms with Crippen molar-refractivity contribution in [2.24, 2.45) is 35.5 Å². The Balaban J connectivity index is 1.06. The van der Waals surface area contributed by atoms with Crippen LogP contribution in [0.5, 0.6) is 23.0 Å². The molecule has 0 saturated heterocycles. The van der Waals surface area contributed by atoms with Crippen LogP contribution >= 0.6 is 0 Å². The first-order valence-electron chi connectivity index (χ1n) is 23.4. The Morgan fingerprint density at radius 3 is 0.926 bits per heavy atom. The lowest BCUT2D eigenvalue weighted by molar-refractivity contribution is -0.155. The second-order valence-electron chi connectivity index (χ2n) is 17.9. The third kappa shape index (κ3) is 13.9. The number of carbonyl (C=O) groups excluding carboxylic acids is 8. The van der Waals surface area contributed by atoms with Gasteiger partial charge in [-0.05, 0) is 164 Å². The zero-order chi connectivity index (χ0) is 49.7. The van der Waals surface area contributed by atoms with Crippen LogP contribution in [-0.2, 0) is 57.3 Å². The number of hydrogen-bond acceptors (Lipinski definition) is 16. The van der Waals surface area contributed by atoms with Crippen LogP contribution in [-0.4, -0.2) is 74.2 Å². The Morgan fingerprint density at radius 1 is 0.397 bits per heavy atom. The summed E-state index contributed by atoms with van der Waals surface area (Å²) in [5, 5.41) is 0. The molecule has 0 bridgehead atoms.